The molecule has 6 unspecified atom stereocenters. The van der Waals surface area contributed by atoms with E-state index in [-0.39, 0.29) is 0 Å². The quantitative estimate of drug-likeness (QED) is 0.240. The SMILES string of the molecule is CCCC(C)C(CCC)C(CCC)C(CCC)C(CCC)C(C)CCC. The van der Waals surface area contributed by atoms with Crippen LogP contribution in [0.4, 0.5) is 0 Å². The van der Waals surface area contributed by atoms with Gasteiger partial charge in [-0.05, 0) is 35.5 Å². The van der Waals surface area contributed by atoms with Crippen molar-refractivity contribution in [2.75, 3.05) is 0 Å². The zero-order valence-electron chi connectivity index (χ0n) is 19.9. The molecule has 0 heteroatoms. The Kier molecular flexibility index (Phi) is 16.0. The molecule has 0 aromatic heterocycles. The van der Waals surface area contributed by atoms with E-state index in [0.717, 1.165) is 35.5 Å². The first-order chi connectivity index (χ1) is 12.5. The summed E-state index contributed by atoms with van der Waals surface area (Å²) in [6.07, 6.45) is 16.8. The maximum absolute atomic E-state index is 2.57. The second-order valence-electron chi connectivity index (χ2n) is 9.34. The highest BCUT2D eigenvalue weighted by molar-refractivity contribution is 4.86. The zero-order chi connectivity index (χ0) is 19.9. The van der Waals surface area contributed by atoms with Crippen LogP contribution in [0, 0.1) is 35.5 Å². The Morgan fingerprint density at radius 1 is 0.346 bits per heavy atom. The molecule has 0 heterocycles. The van der Waals surface area contributed by atoms with Crippen LogP contribution in [0.3, 0.4) is 0 Å². The van der Waals surface area contributed by atoms with Gasteiger partial charge in [0, 0.05) is 0 Å². The summed E-state index contributed by atoms with van der Waals surface area (Å²) in [5, 5.41) is 0. The fourth-order valence-electron chi connectivity index (χ4n) is 6.00. The second-order valence-corrected chi connectivity index (χ2v) is 9.34. The lowest BCUT2D eigenvalue weighted by Gasteiger charge is -2.43. The smallest absolute Gasteiger partial charge is 0.0352 e. The number of hydrogen-bond acceptors (Lipinski definition) is 0. The fraction of sp³-hybridized carbons (Fsp3) is 1.00. The van der Waals surface area contributed by atoms with Gasteiger partial charge in [0.1, 0.15) is 0 Å². The van der Waals surface area contributed by atoms with Crippen molar-refractivity contribution in [2.24, 2.45) is 35.5 Å². The molecule has 0 aliphatic rings. The zero-order valence-corrected chi connectivity index (χ0v) is 19.9. The Balaban J connectivity index is 5.72. The van der Waals surface area contributed by atoms with Crippen LogP contribution in [0.25, 0.3) is 0 Å². The lowest BCUT2D eigenvalue weighted by molar-refractivity contribution is 0.0638. The standard InChI is InChI=1S/C26H54/c1-9-15-21(7)23(17-11-3)25(19-13-5)26(20-14-6)24(18-12-4)22(8)16-10-2/h21-26H,9-20H2,1-8H3. The average molecular weight is 367 g/mol. The molecule has 6 atom stereocenters. The van der Waals surface area contributed by atoms with Gasteiger partial charge < -0.3 is 0 Å². The molecule has 0 nitrogen and oxygen atoms in total. The van der Waals surface area contributed by atoms with Crippen LogP contribution >= 0.6 is 0 Å². The van der Waals surface area contributed by atoms with Gasteiger partial charge in [0.05, 0.1) is 0 Å². The minimum Gasteiger partial charge on any atom is -0.0654 e. The van der Waals surface area contributed by atoms with E-state index in [2.05, 4.69) is 55.4 Å². The first kappa shape index (κ1) is 26.0. The summed E-state index contributed by atoms with van der Waals surface area (Å²) in [6.45, 7) is 19.6. The molecule has 0 aromatic carbocycles. The van der Waals surface area contributed by atoms with E-state index < -0.39 is 0 Å². The molecule has 26 heavy (non-hydrogen) atoms. The highest BCUT2D eigenvalue weighted by Crippen LogP contribution is 2.45. The molecule has 0 radical (unpaired) electrons. The molecular formula is C26H54. The third-order valence-corrected chi connectivity index (χ3v) is 7.09. The van der Waals surface area contributed by atoms with Crippen LogP contribution in [-0.4, -0.2) is 0 Å². The molecule has 158 valence electrons. The van der Waals surface area contributed by atoms with E-state index in [0.29, 0.717) is 0 Å². The summed E-state index contributed by atoms with van der Waals surface area (Å²) in [7, 11) is 0. The maximum Gasteiger partial charge on any atom is -0.0352 e. The van der Waals surface area contributed by atoms with Crippen LogP contribution in [0.5, 0.6) is 0 Å². The van der Waals surface area contributed by atoms with E-state index in [1.54, 1.807) is 0 Å². The van der Waals surface area contributed by atoms with Crippen LogP contribution in [0.1, 0.15) is 132 Å². The molecule has 0 saturated carbocycles. The maximum atomic E-state index is 2.57. The van der Waals surface area contributed by atoms with Crippen molar-refractivity contribution in [1.82, 2.24) is 0 Å². The van der Waals surface area contributed by atoms with Gasteiger partial charge in [-0.25, -0.2) is 0 Å². The number of hydrogen-bond donors (Lipinski definition) is 0. The van der Waals surface area contributed by atoms with Crippen molar-refractivity contribution in [1.29, 1.82) is 0 Å². The fourth-order valence-corrected chi connectivity index (χ4v) is 6.00. The largest absolute Gasteiger partial charge is 0.0654 e. The van der Waals surface area contributed by atoms with Gasteiger partial charge in [0.25, 0.3) is 0 Å². The predicted octanol–water partition coefficient (Wildman–Crippen LogP) is 9.52. The molecule has 0 bridgehead atoms. The molecule has 0 aromatic rings. The first-order valence-electron chi connectivity index (χ1n) is 12.5. The number of rotatable bonds is 17. The lowest BCUT2D eigenvalue weighted by atomic mass is 9.62. The van der Waals surface area contributed by atoms with Crippen molar-refractivity contribution < 1.29 is 0 Å². The molecule has 0 aliphatic heterocycles. The molecule has 0 fully saturated rings. The Morgan fingerprint density at radius 2 is 0.577 bits per heavy atom. The van der Waals surface area contributed by atoms with Gasteiger partial charge in [-0.2, -0.15) is 0 Å². The Hall–Kier alpha value is 0. The van der Waals surface area contributed by atoms with E-state index >= 15 is 0 Å². The normalized spacial score (nSPS) is 18.9. The van der Waals surface area contributed by atoms with Gasteiger partial charge in [0.2, 0.25) is 0 Å². The molecule has 0 spiro atoms. The van der Waals surface area contributed by atoms with Crippen molar-refractivity contribution in [3.63, 3.8) is 0 Å². The highest BCUT2D eigenvalue weighted by Gasteiger charge is 2.36. The summed E-state index contributed by atoms with van der Waals surface area (Å²) >= 11 is 0. The Bertz CT molecular complexity index is 264. The van der Waals surface area contributed by atoms with Crippen LogP contribution in [0.15, 0.2) is 0 Å². The van der Waals surface area contributed by atoms with E-state index in [9.17, 15) is 0 Å². The molecule has 0 aliphatic carbocycles. The van der Waals surface area contributed by atoms with Crippen molar-refractivity contribution in [3.8, 4) is 0 Å². The summed E-state index contributed by atoms with van der Waals surface area (Å²) in [6, 6.07) is 0. The Labute approximate surface area is 168 Å². The van der Waals surface area contributed by atoms with Gasteiger partial charge in [-0.1, -0.05) is 132 Å². The summed E-state index contributed by atoms with van der Waals surface area (Å²) < 4.78 is 0. The van der Waals surface area contributed by atoms with E-state index in [1.165, 1.54) is 77.0 Å². The lowest BCUT2D eigenvalue weighted by Crippen LogP contribution is -2.35. The minimum absolute atomic E-state index is 0.902. The van der Waals surface area contributed by atoms with Crippen molar-refractivity contribution in [3.05, 3.63) is 0 Å². The molecular weight excluding hydrogens is 312 g/mol. The summed E-state index contributed by atoms with van der Waals surface area (Å²) in [5.41, 5.74) is 0. The van der Waals surface area contributed by atoms with Crippen molar-refractivity contribution >= 4 is 0 Å². The van der Waals surface area contributed by atoms with Crippen LogP contribution < -0.4 is 0 Å². The monoisotopic (exact) mass is 366 g/mol. The highest BCUT2D eigenvalue weighted by atomic mass is 14.4. The third kappa shape index (κ3) is 8.79. The molecule has 0 saturated heterocycles. The minimum atomic E-state index is 0.902. The molecule has 0 rings (SSSR count). The summed E-state index contributed by atoms with van der Waals surface area (Å²) in [4.78, 5) is 0. The van der Waals surface area contributed by atoms with E-state index in [1.807, 2.05) is 0 Å². The van der Waals surface area contributed by atoms with Gasteiger partial charge in [-0.15, -0.1) is 0 Å². The van der Waals surface area contributed by atoms with Crippen molar-refractivity contribution in [2.45, 2.75) is 132 Å². The van der Waals surface area contributed by atoms with Crippen LogP contribution in [-0.2, 0) is 0 Å². The second kappa shape index (κ2) is 16.0. The van der Waals surface area contributed by atoms with Gasteiger partial charge >= 0.3 is 0 Å². The summed E-state index contributed by atoms with van der Waals surface area (Å²) in [5.74, 6) is 5.61. The average Bonchev–Trinajstić information content (AvgIpc) is 2.61. The molecule has 0 N–H and O–H groups in total. The topological polar surface area (TPSA) is 0 Å². The third-order valence-electron chi connectivity index (χ3n) is 7.09. The van der Waals surface area contributed by atoms with Gasteiger partial charge in [-0.3, -0.25) is 0 Å². The predicted molar refractivity (Wildman–Crippen MR) is 122 cm³/mol. The van der Waals surface area contributed by atoms with E-state index in [4.69, 9.17) is 0 Å². The first-order valence-corrected chi connectivity index (χ1v) is 12.5. The van der Waals surface area contributed by atoms with Crippen LogP contribution in [0.2, 0.25) is 0 Å². The van der Waals surface area contributed by atoms with Gasteiger partial charge in [0.15, 0.2) is 0 Å². The Morgan fingerprint density at radius 3 is 0.808 bits per heavy atom. The molecule has 0 amide bonds.